The fourth-order valence-electron chi connectivity index (χ4n) is 3.82. The highest BCUT2D eigenvalue weighted by molar-refractivity contribution is 7.98. The van der Waals surface area contributed by atoms with Crippen LogP contribution in [-0.4, -0.2) is 15.6 Å². The zero-order valence-corrected chi connectivity index (χ0v) is 19.4. The summed E-state index contributed by atoms with van der Waals surface area (Å²) < 4.78 is 6.06. The molecule has 0 unspecified atom stereocenters. The van der Waals surface area contributed by atoms with Gasteiger partial charge >= 0.3 is 0 Å². The number of thioether (sulfide) groups is 1. The molecule has 0 saturated carbocycles. The number of hydrogen-bond donors (Lipinski definition) is 1. The molecule has 1 N–H and O–H groups in total. The number of benzene rings is 2. The lowest BCUT2D eigenvalue weighted by Gasteiger charge is -2.30. The van der Waals surface area contributed by atoms with Crippen molar-refractivity contribution in [2.75, 3.05) is 5.32 Å². The summed E-state index contributed by atoms with van der Waals surface area (Å²) in [5, 5.41) is 5.58. The molecule has 1 aliphatic heterocycles. The molecule has 2 aromatic heterocycles. The average molecular weight is 448 g/mol. The molecular weight excluding hydrogens is 422 g/mol. The van der Waals surface area contributed by atoms with E-state index in [0.717, 1.165) is 39.9 Å². The van der Waals surface area contributed by atoms with Crippen molar-refractivity contribution in [3.05, 3.63) is 82.2 Å². The van der Waals surface area contributed by atoms with Crippen LogP contribution >= 0.6 is 23.1 Å². The van der Waals surface area contributed by atoms with E-state index in [4.69, 9.17) is 14.7 Å². The number of ether oxygens (including phenoxy) is 1. The van der Waals surface area contributed by atoms with E-state index in [-0.39, 0.29) is 5.60 Å². The summed E-state index contributed by atoms with van der Waals surface area (Å²) >= 11 is 3.43. The summed E-state index contributed by atoms with van der Waals surface area (Å²) in [7, 11) is 0. The second kappa shape index (κ2) is 8.61. The number of anilines is 1. The van der Waals surface area contributed by atoms with Crippen molar-refractivity contribution in [3.8, 4) is 0 Å². The monoisotopic (exact) mass is 447 g/mol. The molecule has 0 spiro atoms. The molecular formula is C25H25N3OS2. The van der Waals surface area contributed by atoms with Gasteiger partial charge in [-0.25, -0.2) is 9.97 Å². The van der Waals surface area contributed by atoms with Crippen LogP contribution in [0, 0.1) is 0 Å². The Morgan fingerprint density at radius 1 is 1.00 bits per heavy atom. The zero-order valence-electron chi connectivity index (χ0n) is 17.7. The predicted octanol–water partition coefficient (Wildman–Crippen LogP) is 6.45. The van der Waals surface area contributed by atoms with Crippen molar-refractivity contribution in [2.24, 2.45) is 0 Å². The molecule has 0 fully saturated rings. The fraction of sp³-hybridized carbons (Fsp3) is 0.280. The Labute approximate surface area is 191 Å². The van der Waals surface area contributed by atoms with Crippen molar-refractivity contribution in [1.29, 1.82) is 0 Å². The molecule has 3 heterocycles. The van der Waals surface area contributed by atoms with Gasteiger partial charge < -0.3 is 10.1 Å². The molecule has 0 atom stereocenters. The van der Waals surface area contributed by atoms with Crippen LogP contribution in [0.3, 0.4) is 0 Å². The normalized spacial score (nSPS) is 15.0. The molecule has 158 valence electrons. The second-order valence-corrected chi connectivity index (χ2v) is 10.4. The summed E-state index contributed by atoms with van der Waals surface area (Å²) in [6.07, 6.45) is 0.877. The van der Waals surface area contributed by atoms with E-state index in [1.807, 2.05) is 12.1 Å². The van der Waals surface area contributed by atoms with Gasteiger partial charge in [-0.05, 0) is 30.5 Å². The maximum atomic E-state index is 6.06. The van der Waals surface area contributed by atoms with E-state index in [0.29, 0.717) is 6.61 Å². The Hall–Kier alpha value is -2.41. The van der Waals surface area contributed by atoms with Crippen LogP contribution in [-0.2, 0) is 30.1 Å². The first-order valence-electron chi connectivity index (χ1n) is 10.5. The summed E-state index contributed by atoms with van der Waals surface area (Å²) in [4.78, 5) is 12.2. The van der Waals surface area contributed by atoms with Gasteiger partial charge in [-0.1, -0.05) is 72.4 Å². The van der Waals surface area contributed by atoms with Crippen LogP contribution in [0.4, 0.5) is 5.82 Å². The molecule has 4 nitrogen and oxygen atoms in total. The van der Waals surface area contributed by atoms with Gasteiger partial charge in [-0.3, -0.25) is 0 Å². The van der Waals surface area contributed by atoms with Crippen LogP contribution in [0.2, 0.25) is 0 Å². The largest absolute Gasteiger partial charge is 0.370 e. The first-order valence-corrected chi connectivity index (χ1v) is 12.3. The minimum absolute atomic E-state index is 0.168. The maximum absolute atomic E-state index is 6.06. The Kier molecular flexibility index (Phi) is 5.69. The average Bonchev–Trinajstić information content (AvgIpc) is 3.14. The van der Waals surface area contributed by atoms with E-state index >= 15 is 0 Å². The van der Waals surface area contributed by atoms with Gasteiger partial charge in [0.1, 0.15) is 10.6 Å². The van der Waals surface area contributed by atoms with Gasteiger partial charge in [0.2, 0.25) is 0 Å². The van der Waals surface area contributed by atoms with Gasteiger partial charge in [-0.2, -0.15) is 0 Å². The maximum Gasteiger partial charge on any atom is 0.191 e. The van der Waals surface area contributed by atoms with E-state index in [1.165, 1.54) is 21.6 Å². The minimum atomic E-state index is -0.168. The molecule has 0 amide bonds. The van der Waals surface area contributed by atoms with E-state index in [1.54, 1.807) is 23.1 Å². The van der Waals surface area contributed by atoms with Crippen molar-refractivity contribution >= 4 is 39.1 Å². The molecule has 2 aromatic carbocycles. The number of aromatic nitrogens is 2. The summed E-state index contributed by atoms with van der Waals surface area (Å²) in [6, 6.07) is 20.9. The number of hydrogen-bond acceptors (Lipinski definition) is 6. The highest BCUT2D eigenvalue weighted by atomic mass is 32.2. The third kappa shape index (κ3) is 4.61. The number of fused-ring (bicyclic) bond motifs is 3. The Morgan fingerprint density at radius 3 is 2.45 bits per heavy atom. The number of thiophene rings is 1. The zero-order chi connectivity index (χ0) is 21.3. The topological polar surface area (TPSA) is 47.0 Å². The van der Waals surface area contributed by atoms with Gasteiger partial charge in [0, 0.05) is 23.6 Å². The Bertz CT molecular complexity index is 1190. The molecule has 31 heavy (non-hydrogen) atoms. The van der Waals surface area contributed by atoms with E-state index in [2.05, 4.69) is 67.7 Å². The first-order chi connectivity index (χ1) is 15.1. The van der Waals surface area contributed by atoms with Crippen molar-refractivity contribution < 1.29 is 4.74 Å². The molecule has 0 aliphatic carbocycles. The van der Waals surface area contributed by atoms with Crippen LogP contribution in [0.5, 0.6) is 0 Å². The molecule has 0 bridgehead atoms. The molecule has 0 radical (unpaired) electrons. The summed E-state index contributed by atoms with van der Waals surface area (Å²) in [5.74, 6) is 1.78. The quantitative estimate of drug-likeness (QED) is 0.272. The number of nitrogens with one attached hydrogen (secondary N) is 1. The highest BCUT2D eigenvalue weighted by Gasteiger charge is 2.31. The molecule has 4 aromatic rings. The lowest BCUT2D eigenvalue weighted by molar-refractivity contribution is -0.0379. The van der Waals surface area contributed by atoms with Crippen LogP contribution in [0.15, 0.2) is 65.8 Å². The minimum Gasteiger partial charge on any atom is -0.370 e. The lowest BCUT2D eigenvalue weighted by Crippen LogP contribution is -2.31. The third-order valence-corrected chi connectivity index (χ3v) is 7.44. The van der Waals surface area contributed by atoms with Crippen LogP contribution in [0.1, 0.15) is 35.4 Å². The Morgan fingerprint density at radius 2 is 1.71 bits per heavy atom. The smallest absolute Gasteiger partial charge is 0.191 e. The fourth-order valence-corrected chi connectivity index (χ4v) is 5.78. The lowest BCUT2D eigenvalue weighted by atomic mass is 9.94. The molecule has 5 rings (SSSR count). The molecule has 1 aliphatic rings. The van der Waals surface area contributed by atoms with Gasteiger partial charge in [0.15, 0.2) is 5.16 Å². The second-order valence-electron chi connectivity index (χ2n) is 8.38. The van der Waals surface area contributed by atoms with Gasteiger partial charge in [0.25, 0.3) is 0 Å². The van der Waals surface area contributed by atoms with E-state index in [9.17, 15) is 0 Å². The van der Waals surface area contributed by atoms with Gasteiger partial charge in [0.05, 0.1) is 17.6 Å². The first kappa shape index (κ1) is 20.5. The number of nitrogens with zero attached hydrogens (tertiary/aromatic N) is 2. The van der Waals surface area contributed by atoms with Crippen LogP contribution < -0.4 is 5.32 Å². The SMILES string of the molecule is CC1(C)Cc2c(sc3nc(SCc4ccccc4)nc(NCc4ccccc4)c23)CO1. The highest BCUT2D eigenvalue weighted by Crippen LogP contribution is 2.41. The Balaban J connectivity index is 1.50. The van der Waals surface area contributed by atoms with Crippen molar-refractivity contribution in [2.45, 2.75) is 49.9 Å². The van der Waals surface area contributed by atoms with Crippen molar-refractivity contribution in [1.82, 2.24) is 9.97 Å². The molecule has 0 saturated heterocycles. The van der Waals surface area contributed by atoms with E-state index < -0.39 is 0 Å². The summed E-state index contributed by atoms with van der Waals surface area (Å²) in [6.45, 7) is 5.69. The van der Waals surface area contributed by atoms with Crippen molar-refractivity contribution in [3.63, 3.8) is 0 Å². The third-order valence-electron chi connectivity index (χ3n) is 5.42. The number of rotatable bonds is 6. The van der Waals surface area contributed by atoms with Gasteiger partial charge in [-0.15, -0.1) is 11.3 Å². The van der Waals surface area contributed by atoms with Crippen LogP contribution in [0.25, 0.3) is 10.2 Å². The molecule has 6 heteroatoms. The predicted molar refractivity (Wildman–Crippen MR) is 130 cm³/mol. The standard InChI is InChI=1S/C25H25N3OS2/c1-25(2)13-19-20(15-29-25)31-23-21(19)22(26-14-17-9-5-3-6-10-17)27-24(28-23)30-16-18-11-7-4-8-12-18/h3-12H,13-16H2,1-2H3,(H,26,27,28). The summed E-state index contributed by atoms with van der Waals surface area (Å²) in [5.41, 5.74) is 3.68.